The summed E-state index contributed by atoms with van der Waals surface area (Å²) in [5.74, 6) is 0.379. The van der Waals surface area contributed by atoms with Crippen molar-refractivity contribution in [3.63, 3.8) is 0 Å². The predicted octanol–water partition coefficient (Wildman–Crippen LogP) is 7.55. The molecule has 5 rings (SSSR count). The van der Waals surface area contributed by atoms with Crippen molar-refractivity contribution in [1.29, 1.82) is 5.26 Å². The van der Waals surface area contributed by atoms with Crippen molar-refractivity contribution >= 4 is 33.1 Å². The number of carbonyl (C=O) groups excluding carboxylic acids is 1. The minimum absolute atomic E-state index is 0.194. The average molecular weight is 480 g/mol. The first-order valence-corrected chi connectivity index (χ1v) is 12.9. The first-order chi connectivity index (χ1) is 16.8. The van der Waals surface area contributed by atoms with Gasteiger partial charge in [-0.1, -0.05) is 69.3 Å². The molecule has 2 heterocycles. The molecule has 0 saturated carbocycles. The van der Waals surface area contributed by atoms with Gasteiger partial charge in [0.25, 0.3) is 5.91 Å². The Morgan fingerprint density at radius 2 is 1.83 bits per heavy atom. The molecule has 4 nitrogen and oxygen atoms in total. The highest BCUT2D eigenvalue weighted by molar-refractivity contribution is 7.16. The molecule has 5 heteroatoms. The number of anilines is 1. The Morgan fingerprint density at radius 1 is 1.11 bits per heavy atom. The second kappa shape index (κ2) is 8.94. The number of rotatable bonds is 3. The van der Waals surface area contributed by atoms with Crippen molar-refractivity contribution < 1.29 is 4.79 Å². The lowest BCUT2D eigenvalue weighted by molar-refractivity contribution is 0.102. The van der Waals surface area contributed by atoms with Crippen LogP contribution in [-0.4, -0.2) is 10.9 Å². The van der Waals surface area contributed by atoms with Crippen molar-refractivity contribution in [1.82, 2.24) is 4.98 Å². The maximum Gasteiger partial charge on any atom is 0.257 e. The van der Waals surface area contributed by atoms with E-state index in [2.05, 4.69) is 32.2 Å². The SMILES string of the molecule is Cc1c(-c2ccccc2)nc2ccccc2c1C(=O)Nc1sc2c(c1C#N)CCC(C(C)(C)C)C2. The van der Waals surface area contributed by atoms with Crippen LogP contribution in [0, 0.1) is 29.6 Å². The molecule has 176 valence electrons. The Morgan fingerprint density at radius 3 is 2.54 bits per heavy atom. The van der Waals surface area contributed by atoms with Crippen LogP contribution >= 0.6 is 11.3 Å². The smallest absolute Gasteiger partial charge is 0.257 e. The molecule has 35 heavy (non-hydrogen) atoms. The zero-order chi connectivity index (χ0) is 24.7. The van der Waals surface area contributed by atoms with E-state index in [1.165, 1.54) is 4.88 Å². The van der Waals surface area contributed by atoms with Gasteiger partial charge in [-0.25, -0.2) is 4.98 Å². The van der Waals surface area contributed by atoms with Crippen LogP contribution in [0.3, 0.4) is 0 Å². The average Bonchev–Trinajstić information content (AvgIpc) is 3.19. The summed E-state index contributed by atoms with van der Waals surface area (Å²) >= 11 is 1.57. The van der Waals surface area contributed by atoms with Gasteiger partial charge in [-0.3, -0.25) is 4.79 Å². The van der Waals surface area contributed by atoms with Gasteiger partial charge in [0, 0.05) is 15.8 Å². The van der Waals surface area contributed by atoms with Crippen LogP contribution < -0.4 is 5.32 Å². The zero-order valence-electron chi connectivity index (χ0n) is 20.6. The summed E-state index contributed by atoms with van der Waals surface area (Å²) in [6.07, 6.45) is 2.93. The number of aromatic nitrogens is 1. The molecule has 2 aromatic heterocycles. The van der Waals surface area contributed by atoms with E-state index < -0.39 is 0 Å². The molecule has 1 atom stereocenters. The Hall–Kier alpha value is -3.49. The summed E-state index contributed by atoms with van der Waals surface area (Å²) in [7, 11) is 0. The number of fused-ring (bicyclic) bond motifs is 2. The van der Waals surface area contributed by atoms with Crippen molar-refractivity contribution in [2.75, 3.05) is 5.32 Å². The molecule has 2 aromatic carbocycles. The van der Waals surface area contributed by atoms with Gasteiger partial charge in [0.2, 0.25) is 0 Å². The van der Waals surface area contributed by atoms with Crippen molar-refractivity contribution in [2.45, 2.75) is 47.0 Å². The summed E-state index contributed by atoms with van der Waals surface area (Å²) < 4.78 is 0. The number of benzene rings is 2. The molecule has 0 aliphatic heterocycles. The van der Waals surface area contributed by atoms with Crippen molar-refractivity contribution in [2.24, 2.45) is 11.3 Å². The minimum atomic E-state index is -0.194. The molecule has 1 aliphatic rings. The predicted molar refractivity (Wildman–Crippen MR) is 144 cm³/mol. The van der Waals surface area contributed by atoms with Gasteiger partial charge in [0.1, 0.15) is 11.1 Å². The number of hydrogen-bond acceptors (Lipinski definition) is 4. The molecular formula is C30H29N3OS. The first kappa shape index (κ1) is 23.3. The van der Waals surface area contributed by atoms with Gasteiger partial charge in [0.15, 0.2) is 0 Å². The topological polar surface area (TPSA) is 65.8 Å². The monoisotopic (exact) mass is 479 g/mol. The van der Waals surface area contributed by atoms with E-state index in [0.717, 1.165) is 52.5 Å². The number of amides is 1. The fourth-order valence-electron chi connectivity index (χ4n) is 5.17. The van der Waals surface area contributed by atoms with Crippen molar-refractivity contribution in [3.05, 3.63) is 81.7 Å². The Kier molecular flexibility index (Phi) is 5.94. The van der Waals surface area contributed by atoms with Crippen molar-refractivity contribution in [3.8, 4) is 17.3 Å². The number of nitrogens with zero attached hydrogens (tertiary/aromatic N) is 2. The standard InChI is InChI=1S/C30H29N3OS/c1-18-26(22-12-8-9-13-24(22)32-27(18)19-10-6-5-7-11-19)28(34)33-29-23(17-31)21-15-14-20(30(2,3)4)16-25(21)35-29/h5-13,20H,14-16H2,1-4H3,(H,33,34). The summed E-state index contributed by atoms with van der Waals surface area (Å²) in [6, 6.07) is 20.1. The summed E-state index contributed by atoms with van der Waals surface area (Å²) in [5.41, 5.74) is 5.97. The van der Waals surface area contributed by atoms with Crippen LogP contribution in [0.4, 0.5) is 5.00 Å². The molecule has 0 spiro atoms. The van der Waals surface area contributed by atoms with Crippen LogP contribution in [0.15, 0.2) is 54.6 Å². The van der Waals surface area contributed by atoms with E-state index in [9.17, 15) is 10.1 Å². The van der Waals surface area contributed by atoms with Crippen LogP contribution in [0.1, 0.15) is 59.1 Å². The van der Waals surface area contributed by atoms with E-state index in [0.29, 0.717) is 22.0 Å². The summed E-state index contributed by atoms with van der Waals surface area (Å²) in [4.78, 5) is 19.9. The molecule has 1 N–H and O–H groups in total. The Balaban J connectivity index is 1.57. The minimum Gasteiger partial charge on any atom is -0.312 e. The van der Waals surface area contributed by atoms with E-state index in [-0.39, 0.29) is 11.3 Å². The molecule has 0 bridgehead atoms. The summed E-state index contributed by atoms with van der Waals surface area (Å²) in [5, 5.41) is 14.6. The lowest BCUT2D eigenvalue weighted by atomic mass is 9.72. The Bertz CT molecular complexity index is 1470. The quantitative estimate of drug-likeness (QED) is 0.330. The maximum absolute atomic E-state index is 13.8. The third-order valence-corrected chi connectivity index (χ3v) is 8.41. The van der Waals surface area contributed by atoms with E-state index in [4.69, 9.17) is 4.98 Å². The molecular weight excluding hydrogens is 450 g/mol. The van der Waals surface area contributed by atoms with Gasteiger partial charge in [-0.15, -0.1) is 11.3 Å². The van der Waals surface area contributed by atoms with Gasteiger partial charge in [0.05, 0.1) is 22.3 Å². The molecule has 0 fully saturated rings. The molecule has 4 aromatic rings. The fourth-order valence-corrected chi connectivity index (χ4v) is 6.45. The number of hydrogen-bond donors (Lipinski definition) is 1. The fraction of sp³-hybridized carbons (Fsp3) is 0.300. The number of para-hydroxylation sites is 1. The highest BCUT2D eigenvalue weighted by atomic mass is 32.1. The van der Waals surface area contributed by atoms with Crippen LogP contribution in [0.2, 0.25) is 0 Å². The molecule has 0 radical (unpaired) electrons. The van der Waals surface area contributed by atoms with Gasteiger partial charge in [-0.05, 0) is 54.7 Å². The highest BCUT2D eigenvalue weighted by Gasteiger charge is 2.32. The lowest BCUT2D eigenvalue weighted by Crippen LogP contribution is -2.26. The number of nitriles is 1. The normalized spacial score (nSPS) is 15.5. The van der Waals surface area contributed by atoms with Gasteiger partial charge >= 0.3 is 0 Å². The third kappa shape index (κ3) is 4.24. The second-order valence-corrected chi connectivity index (χ2v) is 11.5. The summed E-state index contributed by atoms with van der Waals surface area (Å²) in [6.45, 7) is 8.80. The van der Waals surface area contributed by atoms with E-state index >= 15 is 0 Å². The second-order valence-electron chi connectivity index (χ2n) is 10.4. The molecule has 1 amide bonds. The zero-order valence-corrected chi connectivity index (χ0v) is 21.4. The van der Waals surface area contributed by atoms with Gasteiger partial charge in [-0.2, -0.15) is 5.26 Å². The number of thiophene rings is 1. The van der Waals surface area contributed by atoms with E-state index in [1.807, 2.05) is 61.5 Å². The Labute approximate surface area is 210 Å². The first-order valence-electron chi connectivity index (χ1n) is 12.1. The van der Waals surface area contributed by atoms with Crippen LogP contribution in [-0.2, 0) is 12.8 Å². The highest BCUT2D eigenvalue weighted by Crippen LogP contribution is 2.44. The number of pyridine rings is 1. The number of nitrogens with one attached hydrogen (secondary N) is 1. The van der Waals surface area contributed by atoms with E-state index in [1.54, 1.807) is 11.3 Å². The third-order valence-electron chi connectivity index (χ3n) is 7.24. The van der Waals surface area contributed by atoms with Crippen LogP contribution in [0.5, 0.6) is 0 Å². The molecule has 1 unspecified atom stereocenters. The molecule has 1 aliphatic carbocycles. The van der Waals surface area contributed by atoms with Crippen LogP contribution in [0.25, 0.3) is 22.2 Å². The largest absolute Gasteiger partial charge is 0.312 e. The lowest BCUT2D eigenvalue weighted by Gasteiger charge is -2.33. The maximum atomic E-state index is 13.8. The molecule has 0 saturated heterocycles. The van der Waals surface area contributed by atoms with Gasteiger partial charge < -0.3 is 5.32 Å². The number of carbonyl (C=O) groups is 1.